The number of aromatic nitrogens is 1. The second-order valence-electron chi connectivity index (χ2n) is 8.92. The molecule has 2 heterocycles. The van der Waals surface area contributed by atoms with E-state index >= 15 is 0 Å². The molecule has 1 N–H and O–H groups in total. The first-order valence-electron chi connectivity index (χ1n) is 11.7. The summed E-state index contributed by atoms with van der Waals surface area (Å²) in [6.07, 6.45) is 5.21. The lowest BCUT2D eigenvalue weighted by Gasteiger charge is -2.32. The van der Waals surface area contributed by atoms with E-state index in [0.29, 0.717) is 5.92 Å². The molecule has 5 nitrogen and oxygen atoms in total. The van der Waals surface area contributed by atoms with Gasteiger partial charge in [-0.3, -0.25) is 4.79 Å². The zero-order chi connectivity index (χ0) is 23.4. The molecule has 1 aliphatic rings. The number of anilines is 1. The van der Waals surface area contributed by atoms with E-state index in [-0.39, 0.29) is 5.78 Å². The highest BCUT2D eigenvalue weighted by Crippen LogP contribution is 2.31. The second-order valence-corrected chi connectivity index (χ2v) is 9.36. The average Bonchev–Trinajstić information content (AvgIpc) is 3.20. The second kappa shape index (κ2) is 10.5. The van der Waals surface area contributed by atoms with Crippen molar-refractivity contribution < 1.29 is 9.53 Å². The summed E-state index contributed by atoms with van der Waals surface area (Å²) in [7, 11) is 1.65. The molecule has 174 valence electrons. The minimum atomic E-state index is 0.0700. The minimum Gasteiger partial charge on any atom is -0.496 e. The van der Waals surface area contributed by atoms with Gasteiger partial charge in [-0.2, -0.15) is 0 Å². The fraction of sp³-hybridized carbons (Fsp3) is 0.407. The molecule has 0 unspecified atom stereocenters. The first kappa shape index (κ1) is 23.5. The fourth-order valence-electron chi connectivity index (χ4n) is 4.77. The lowest BCUT2D eigenvalue weighted by atomic mass is 9.96. The Balaban J connectivity index is 1.30. The summed E-state index contributed by atoms with van der Waals surface area (Å²) in [6.45, 7) is 7.79. The Kier molecular flexibility index (Phi) is 7.46. The van der Waals surface area contributed by atoms with E-state index in [1.54, 1.807) is 14.0 Å². The van der Waals surface area contributed by atoms with Crippen LogP contribution in [-0.2, 0) is 6.54 Å². The molecule has 6 heteroatoms. The van der Waals surface area contributed by atoms with Crippen molar-refractivity contribution in [3.63, 3.8) is 0 Å². The van der Waals surface area contributed by atoms with Crippen LogP contribution in [0.25, 0.3) is 10.9 Å². The zero-order valence-electron chi connectivity index (χ0n) is 19.8. The van der Waals surface area contributed by atoms with Crippen LogP contribution >= 0.6 is 12.2 Å². The van der Waals surface area contributed by atoms with Crippen LogP contribution in [0.15, 0.2) is 48.7 Å². The molecule has 1 aromatic heterocycles. The average molecular weight is 464 g/mol. The zero-order valence-corrected chi connectivity index (χ0v) is 20.6. The number of Topliss-reactive ketones (excluding diaryl/α,β-unsaturated/α-hetero) is 1. The maximum absolute atomic E-state index is 12.2. The number of fused-ring (bicyclic) bond motifs is 1. The molecular formula is C27H33N3O2S. The van der Waals surface area contributed by atoms with Gasteiger partial charge in [-0.25, -0.2) is 0 Å². The van der Waals surface area contributed by atoms with Crippen molar-refractivity contribution >= 4 is 39.6 Å². The number of ether oxygens (including phenoxy) is 1. The third kappa shape index (κ3) is 5.28. The van der Waals surface area contributed by atoms with Crippen molar-refractivity contribution in [3.8, 4) is 5.75 Å². The van der Waals surface area contributed by atoms with Crippen LogP contribution in [-0.4, -0.2) is 47.0 Å². The van der Waals surface area contributed by atoms with Crippen molar-refractivity contribution in [1.82, 2.24) is 9.47 Å². The monoisotopic (exact) mass is 463 g/mol. The topological polar surface area (TPSA) is 46.5 Å². The Bertz CT molecular complexity index is 1150. The van der Waals surface area contributed by atoms with Gasteiger partial charge in [-0.1, -0.05) is 36.5 Å². The van der Waals surface area contributed by atoms with Gasteiger partial charge in [0.05, 0.1) is 23.0 Å². The van der Waals surface area contributed by atoms with Gasteiger partial charge in [0, 0.05) is 29.9 Å². The van der Waals surface area contributed by atoms with Gasteiger partial charge in [0.15, 0.2) is 5.78 Å². The number of benzene rings is 2. The Hall–Kier alpha value is -2.70. The number of carbonyl (C=O) groups excluding carboxylic acids is 1. The molecule has 3 aromatic rings. The van der Waals surface area contributed by atoms with Crippen LogP contribution in [0.2, 0.25) is 0 Å². The van der Waals surface area contributed by atoms with E-state index in [9.17, 15) is 4.79 Å². The number of nitrogens with one attached hydrogen (secondary N) is 1. The molecule has 0 saturated carbocycles. The molecule has 1 aliphatic heterocycles. The van der Waals surface area contributed by atoms with Gasteiger partial charge in [0.25, 0.3) is 0 Å². The normalized spacial score (nSPS) is 15.0. The molecule has 4 rings (SSSR count). The highest BCUT2D eigenvalue weighted by molar-refractivity contribution is 7.80. The maximum atomic E-state index is 12.2. The summed E-state index contributed by atoms with van der Waals surface area (Å²) >= 11 is 5.72. The van der Waals surface area contributed by atoms with Crippen LogP contribution in [0.4, 0.5) is 5.69 Å². The van der Waals surface area contributed by atoms with E-state index in [4.69, 9.17) is 17.0 Å². The fourth-order valence-corrected chi connectivity index (χ4v) is 5.12. The summed E-state index contributed by atoms with van der Waals surface area (Å²) in [5.74, 6) is 1.27. The molecule has 2 aromatic carbocycles. The largest absolute Gasteiger partial charge is 0.496 e. The molecule has 0 amide bonds. The summed E-state index contributed by atoms with van der Waals surface area (Å²) in [4.78, 5) is 15.7. The number of likely N-dealkylation sites (tertiary alicyclic amines) is 1. The van der Waals surface area contributed by atoms with E-state index in [0.717, 1.165) is 78.3 Å². The molecule has 0 bridgehead atoms. The molecule has 0 aliphatic carbocycles. The van der Waals surface area contributed by atoms with Crippen LogP contribution < -0.4 is 10.1 Å². The molecule has 33 heavy (non-hydrogen) atoms. The summed E-state index contributed by atoms with van der Waals surface area (Å²) in [5, 5.41) is 4.39. The van der Waals surface area contributed by atoms with Crippen LogP contribution in [0.5, 0.6) is 5.75 Å². The third-order valence-corrected chi connectivity index (χ3v) is 7.14. The highest BCUT2D eigenvalue weighted by Gasteiger charge is 2.23. The van der Waals surface area contributed by atoms with E-state index in [1.165, 1.54) is 5.56 Å². The van der Waals surface area contributed by atoms with E-state index in [1.807, 2.05) is 24.4 Å². The lowest BCUT2D eigenvalue weighted by Crippen LogP contribution is -2.38. The number of methoxy groups -OCH3 is 1. The number of carbonyl (C=O) groups is 1. The van der Waals surface area contributed by atoms with E-state index < -0.39 is 0 Å². The van der Waals surface area contributed by atoms with Gasteiger partial charge in [-0.05, 0) is 76.5 Å². The summed E-state index contributed by atoms with van der Waals surface area (Å²) < 4.78 is 7.71. The molecule has 1 fully saturated rings. The number of thiocarbonyl (C=S) groups is 1. The first-order valence-corrected chi connectivity index (χ1v) is 12.1. The summed E-state index contributed by atoms with van der Waals surface area (Å²) in [5.41, 5.74) is 4.13. The molecule has 1 saturated heterocycles. The van der Waals surface area contributed by atoms with Crippen LogP contribution in [0, 0.1) is 12.8 Å². The summed E-state index contributed by atoms with van der Waals surface area (Å²) in [6, 6.07) is 14.3. The quantitative estimate of drug-likeness (QED) is 0.343. The standard InChI is InChI=1S/C27H33N3O2S/c1-19-8-4-5-9-23(19)28-27(33)21-12-16-29(17-13-21)14-7-15-30-18-22(20(2)31)26-24(30)10-6-11-25(26)32-3/h4-6,8-11,18,21H,7,12-17H2,1-3H3,(H,28,33). The predicted molar refractivity (Wildman–Crippen MR) is 140 cm³/mol. The van der Waals surface area contributed by atoms with Crippen LogP contribution in [0.1, 0.15) is 42.1 Å². The first-order chi connectivity index (χ1) is 16.0. The minimum absolute atomic E-state index is 0.0700. The Morgan fingerprint density at radius 1 is 1.12 bits per heavy atom. The van der Waals surface area contributed by atoms with Crippen molar-refractivity contribution in [2.75, 3.05) is 32.1 Å². The number of nitrogens with zero attached hydrogens (tertiary/aromatic N) is 2. The number of piperidine rings is 1. The van der Waals surface area contributed by atoms with Crippen LogP contribution in [0.3, 0.4) is 0 Å². The molecular weight excluding hydrogens is 430 g/mol. The van der Waals surface area contributed by atoms with E-state index in [2.05, 4.69) is 46.0 Å². The van der Waals surface area contributed by atoms with Gasteiger partial charge < -0.3 is 19.5 Å². The maximum Gasteiger partial charge on any atom is 0.162 e. The number of hydrogen-bond acceptors (Lipinski definition) is 4. The number of para-hydroxylation sites is 1. The smallest absolute Gasteiger partial charge is 0.162 e. The third-order valence-electron chi connectivity index (χ3n) is 6.70. The van der Waals surface area contributed by atoms with Gasteiger partial charge in [0.1, 0.15) is 5.75 Å². The number of hydrogen-bond donors (Lipinski definition) is 1. The Morgan fingerprint density at radius 2 is 1.88 bits per heavy atom. The lowest BCUT2D eigenvalue weighted by molar-refractivity contribution is 0.101. The Morgan fingerprint density at radius 3 is 2.58 bits per heavy atom. The van der Waals surface area contributed by atoms with Gasteiger partial charge in [-0.15, -0.1) is 0 Å². The molecule has 0 atom stereocenters. The van der Waals surface area contributed by atoms with Gasteiger partial charge in [0.2, 0.25) is 0 Å². The predicted octanol–water partition coefficient (Wildman–Crippen LogP) is 5.70. The number of rotatable bonds is 8. The Labute approximate surface area is 201 Å². The highest BCUT2D eigenvalue weighted by atomic mass is 32.1. The molecule has 0 spiro atoms. The van der Waals surface area contributed by atoms with Gasteiger partial charge >= 0.3 is 0 Å². The van der Waals surface area contributed by atoms with Crippen molar-refractivity contribution in [2.45, 2.75) is 39.7 Å². The number of aryl methyl sites for hydroxylation is 2. The number of ketones is 1. The van der Waals surface area contributed by atoms with Crippen molar-refractivity contribution in [3.05, 3.63) is 59.8 Å². The van der Waals surface area contributed by atoms with Crippen molar-refractivity contribution in [1.29, 1.82) is 0 Å². The van der Waals surface area contributed by atoms with Crippen molar-refractivity contribution in [2.24, 2.45) is 5.92 Å². The molecule has 0 radical (unpaired) electrons. The SMILES string of the molecule is COc1cccc2c1c(C(C)=O)cn2CCCN1CCC(C(=S)Nc2ccccc2C)CC1.